The molecule has 2 rings (SSSR count). The Balaban J connectivity index is 2.19. The smallest absolute Gasteiger partial charge is 0.240 e. The molecule has 0 radical (unpaired) electrons. The topological polar surface area (TPSA) is 34.1 Å². The second-order valence-corrected chi connectivity index (χ2v) is 10.5. The van der Waals surface area contributed by atoms with E-state index < -0.39 is 20.0 Å². The Hall–Kier alpha value is 1.20. The second kappa shape index (κ2) is 8.05. The molecule has 0 bridgehead atoms. The Morgan fingerprint density at radius 1 is 0.773 bits per heavy atom. The van der Waals surface area contributed by atoms with Gasteiger partial charge in [-0.3, -0.25) is 9.59 Å². The van der Waals surface area contributed by atoms with E-state index in [1.165, 1.54) is 21.6 Å². The van der Waals surface area contributed by atoms with E-state index in [9.17, 15) is 9.59 Å². The van der Waals surface area contributed by atoms with Crippen LogP contribution in [0.15, 0.2) is 0 Å². The largest absolute Gasteiger partial charge is 0.280 e. The van der Waals surface area contributed by atoms with Crippen LogP contribution in [-0.2, 0) is 9.59 Å². The van der Waals surface area contributed by atoms with Crippen LogP contribution in [0.5, 0.6) is 0 Å². The summed E-state index contributed by atoms with van der Waals surface area (Å²) in [4.78, 5) is 24.1. The maximum atomic E-state index is 12.1. The number of alkyl halides is 2. The third-order valence-corrected chi connectivity index (χ3v) is 10.9. The Kier molecular flexibility index (Phi) is 7.15. The number of hydrogen-bond acceptors (Lipinski definition) is 4. The van der Waals surface area contributed by atoms with Crippen LogP contribution in [0.2, 0.25) is 0 Å². The highest BCUT2D eigenvalue weighted by molar-refractivity contribution is 8.78. The molecule has 4 unspecified atom stereocenters. The van der Waals surface area contributed by atoms with Crippen molar-refractivity contribution in [3.05, 3.63) is 0 Å². The fourth-order valence-corrected chi connectivity index (χ4v) is 9.30. The number of carbonyl (C=O) groups is 2. The van der Waals surface area contributed by atoms with Crippen LogP contribution in [0.3, 0.4) is 0 Å². The van der Waals surface area contributed by atoms with Crippen molar-refractivity contribution in [2.24, 2.45) is 0 Å². The average Bonchev–Trinajstić information content (AvgIpc) is 2.47. The number of carbonyl (C=O) groups excluding carboxylic acids is 2. The van der Waals surface area contributed by atoms with Crippen LogP contribution in [0, 0.1) is 0 Å². The molecule has 0 aromatic carbocycles. The van der Waals surface area contributed by atoms with Crippen molar-refractivity contribution in [1.29, 1.82) is 0 Å². The molecule has 0 N–H and O–H groups in total. The van der Waals surface area contributed by atoms with Gasteiger partial charge in [0.05, 0.1) is 10.8 Å². The molecule has 4 atom stereocenters. The molecule has 2 aliphatic carbocycles. The molecule has 2 fully saturated rings. The van der Waals surface area contributed by atoms with Crippen molar-refractivity contribution in [3.63, 3.8) is 0 Å². The lowest BCUT2D eigenvalue weighted by molar-refractivity contribution is -0.115. The van der Waals surface area contributed by atoms with Gasteiger partial charge >= 0.3 is 0 Å². The van der Waals surface area contributed by atoms with Crippen LogP contribution in [0.4, 0.5) is 0 Å². The number of hydrogen-bond donors (Lipinski definition) is 0. The first-order chi connectivity index (χ1) is 10.3. The van der Waals surface area contributed by atoms with Gasteiger partial charge in [-0.05, 0) is 48.9 Å². The van der Waals surface area contributed by atoms with Crippen LogP contribution in [-0.4, -0.2) is 30.7 Å². The van der Waals surface area contributed by atoms with Crippen molar-refractivity contribution in [2.75, 3.05) is 0 Å². The quantitative estimate of drug-likeness (QED) is 0.320. The van der Waals surface area contributed by atoms with Crippen LogP contribution < -0.4 is 0 Å². The first-order valence-electron chi connectivity index (χ1n) is 7.40. The van der Waals surface area contributed by atoms with Gasteiger partial charge in [-0.1, -0.05) is 47.3 Å². The Labute approximate surface area is 159 Å². The Morgan fingerprint density at radius 2 is 1.14 bits per heavy atom. The molecule has 0 saturated heterocycles. The summed E-state index contributed by atoms with van der Waals surface area (Å²) < 4.78 is -1.72. The van der Waals surface area contributed by atoms with Gasteiger partial charge < -0.3 is 0 Å². The molecule has 0 amide bonds. The summed E-state index contributed by atoms with van der Waals surface area (Å²) >= 11 is 24.6. The summed E-state index contributed by atoms with van der Waals surface area (Å²) in [5.74, 6) is 0. The summed E-state index contributed by atoms with van der Waals surface area (Å²) in [5.41, 5.74) is 0. The summed E-state index contributed by atoms with van der Waals surface area (Å²) in [6, 6.07) is 0. The van der Waals surface area contributed by atoms with Crippen molar-refractivity contribution in [2.45, 2.75) is 71.6 Å². The normalized spacial score (nSPS) is 39.5. The van der Waals surface area contributed by atoms with Gasteiger partial charge in [0.15, 0.2) is 0 Å². The zero-order chi connectivity index (χ0) is 16.4. The molecule has 22 heavy (non-hydrogen) atoms. The van der Waals surface area contributed by atoms with E-state index in [2.05, 4.69) is 0 Å². The fourth-order valence-electron chi connectivity index (χ4n) is 3.05. The molecule has 0 aromatic rings. The lowest BCUT2D eigenvalue weighted by Gasteiger charge is -2.42. The van der Waals surface area contributed by atoms with Gasteiger partial charge in [0.2, 0.25) is 10.5 Å². The predicted molar refractivity (Wildman–Crippen MR) is 98.6 cm³/mol. The fraction of sp³-hybridized carbons (Fsp3) is 0.857. The average molecular weight is 424 g/mol. The molecule has 2 saturated carbocycles. The molecule has 8 heteroatoms. The van der Waals surface area contributed by atoms with Gasteiger partial charge in [0.25, 0.3) is 0 Å². The standard InChI is InChI=1S/C14H18Cl4O2S2/c15-9-5-1-3-7-13(9,11(17)19)21-22-14(12(18)20)8-4-2-6-10(14)16/h9-10H,1-8H2. The first-order valence-corrected chi connectivity index (χ1v) is 11.2. The van der Waals surface area contributed by atoms with Crippen LogP contribution in [0.1, 0.15) is 51.4 Å². The minimum atomic E-state index is -0.862. The van der Waals surface area contributed by atoms with E-state index >= 15 is 0 Å². The molecule has 2 nitrogen and oxygen atoms in total. The lowest BCUT2D eigenvalue weighted by atomic mass is 9.89. The molecule has 126 valence electrons. The van der Waals surface area contributed by atoms with E-state index in [1.54, 1.807) is 0 Å². The van der Waals surface area contributed by atoms with E-state index in [0.717, 1.165) is 38.5 Å². The molecule has 0 aromatic heterocycles. The lowest BCUT2D eigenvalue weighted by Crippen LogP contribution is -2.47. The first kappa shape index (κ1) is 19.5. The maximum absolute atomic E-state index is 12.1. The molecule has 0 aliphatic heterocycles. The highest BCUT2D eigenvalue weighted by Crippen LogP contribution is 2.57. The highest BCUT2D eigenvalue weighted by atomic mass is 35.5. The Bertz CT molecular complexity index is 411. The Morgan fingerprint density at radius 3 is 1.41 bits per heavy atom. The third kappa shape index (κ3) is 3.72. The van der Waals surface area contributed by atoms with E-state index in [-0.39, 0.29) is 10.8 Å². The zero-order valence-corrected chi connectivity index (χ0v) is 16.6. The summed E-state index contributed by atoms with van der Waals surface area (Å²) in [5, 5.41) is -1.54. The second-order valence-electron chi connectivity index (χ2n) is 5.92. The minimum Gasteiger partial charge on any atom is -0.280 e. The summed E-state index contributed by atoms with van der Waals surface area (Å²) in [7, 11) is 2.62. The van der Waals surface area contributed by atoms with Gasteiger partial charge in [0, 0.05) is 0 Å². The summed E-state index contributed by atoms with van der Waals surface area (Å²) in [6.07, 6.45) is 6.54. The molecular weight excluding hydrogens is 406 g/mol. The van der Waals surface area contributed by atoms with Crippen molar-refractivity contribution in [3.8, 4) is 0 Å². The van der Waals surface area contributed by atoms with Gasteiger partial charge in [-0.2, -0.15) is 0 Å². The van der Waals surface area contributed by atoms with Crippen LogP contribution in [0.25, 0.3) is 0 Å². The van der Waals surface area contributed by atoms with E-state index in [0.29, 0.717) is 12.8 Å². The van der Waals surface area contributed by atoms with Gasteiger partial charge in [0.1, 0.15) is 9.49 Å². The van der Waals surface area contributed by atoms with Gasteiger partial charge in [-0.15, -0.1) is 23.2 Å². The SMILES string of the molecule is O=C(Cl)C1(SSC2(C(=O)Cl)CCCCC2Cl)CCCCC1Cl. The van der Waals surface area contributed by atoms with Crippen LogP contribution >= 0.6 is 68.0 Å². The monoisotopic (exact) mass is 422 g/mol. The number of rotatable bonds is 5. The van der Waals surface area contributed by atoms with Gasteiger partial charge in [-0.25, -0.2) is 0 Å². The van der Waals surface area contributed by atoms with E-state index in [1.807, 2.05) is 0 Å². The zero-order valence-electron chi connectivity index (χ0n) is 12.0. The highest BCUT2D eigenvalue weighted by Gasteiger charge is 2.52. The maximum Gasteiger partial charge on any atom is 0.240 e. The molecule has 0 heterocycles. The number of halogens is 4. The van der Waals surface area contributed by atoms with Crippen molar-refractivity contribution >= 4 is 78.5 Å². The molecule has 0 spiro atoms. The summed E-state index contributed by atoms with van der Waals surface area (Å²) in [6.45, 7) is 0. The minimum absolute atomic E-state index is 0.330. The van der Waals surface area contributed by atoms with E-state index in [4.69, 9.17) is 46.4 Å². The predicted octanol–water partition coefficient (Wildman–Crippen LogP) is 5.74. The van der Waals surface area contributed by atoms with Crippen molar-refractivity contribution < 1.29 is 9.59 Å². The molecular formula is C14H18Cl4O2S2. The molecule has 2 aliphatic rings. The van der Waals surface area contributed by atoms with Crippen molar-refractivity contribution in [1.82, 2.24) is 0 Å². The third-order valence-electron chi connectivity index (χ3n) is 4.53.